The molecule has 3 heterocycles. The van der Waals surface area contributed by atoms with E-state index in [1.54, 1.807) is 4.68 Å². The molecule has 1 aliphatic rings. The van der Waals surface area contributed by atoms with Crippen LogP contribution in [0, 0.1) is 6.92 Å². The summed E-state index contributed by atoms with van der Waals surface area (Å²) in [6.07, 6.45) is 2.50. The molecule has 1 fully saturated rings. The van der Waals surface area contributed by atoms with Gasteiger partial charge in [0, 0.05) is 13.6 Å². The summed E-state index contributed by atoms with van der Waals surface area (Å²) in [5.74, 6) is 1.03. The lowest BCUT2D eigenvalue weighted by atomic mass is 10.3. The first-order valence-electron chi connectivity index (χ1n) is 6.96. The standard InChI is InChI=1S/C13H20N6O/c1-9-7-11(18(2)16-9)13-15-12(17-20-13)10(14)8-19-5-3-4-6-19/h7,10H,3-6,8,14H2,1-2H3. The second kappa shape index (κ2) is 5.34. The van der Waals surface area contributed by atoms with E-state index in [1.807, 2.05) is 20.0 Å². The lowest BCUT2D eigenvalue weighted by Gasteiger charge is -2.17. The van der Waals surface area contributed by atoms with E-state index in [2.05, 4.69) is 20.1 Å². The van der Waals surface area contributed by atoms with Gasteiger partial charge in [-0.2, -0.15) is 10.1 Å². The molecule has 0 saturated carbocycles. The maximum Gasteiger partial charge on any atom is 0.276 e. The Bertz CT molecular complexity index is 583. The SMILES string of the molecule is Cc1cc(-c2nc(C(N)CN3CCCC3)no2)n(C)n1. The Morgan fingerprint density at radius 3 is 2.80 bits per heavy atom. The van der Waals surface area contributed by atoms with E-state index in [0.717, 1.165) is 31.0 Å². The van der Waals surface area contributed by atoms with Gasteiger partial charge in [-0.3, -0.25) is 4.68 Å². The normalized spacial score (nSPS) is 17.8. The molecule has 3 rings (SSSR count). The first-order chi connectivity index (χ1) is 9.63. The summed E-state index contributed by atoms with van der Waals surface area (Å²) in [6, 6.07) is 1.71. The van der Waals surface area contributed by atoms with Gasteiger partial charge in [0.25, 0.3) is 5.89 Å². The van der Waals surface area contributed by atoms with Crippen molar-refractivity contribution in [3.8, 4) is 11.6 Å². The minimum absolute atomic E-state index is 0.208. The number of nitrogens with zero attached hydrogens (tertiary/aromatic N) is 5. The zero-order valence-corrected chi connectivity index (χ0v) is 11.9. The lowest BCUT2D eigenvalue weighted by molar-refractivity contribution is 0.306. The Kier molecular flexibility index (Phi) is 3.54. The minimum atomic E-state index is -0.208. The fourth-order valence-electron chi connectivity index (χ4n) is 2.63. The highest BCUT2D eigenvalue weighted by atomic mass is 16.5. The van der Waals surface area contributed by atoms with Crippen LogP contribution < -0.4 is 5.73 Å². The van der Waals surface area contributed by atoms with Gasteiger partial charge >= 0.3 is 0 Å². The van der Waals surface area contributed by atoms with Crippen molar-refractivity contribution < 1.29 is 4.52 Å². The fourth-order valence-corrected chi connectivity index (χ4v) is 2.63. The number of likely N-dealkylation sites (tertiary alicyclic amines) is 1. The molecule has 0 aromatic carbocycles. The molecule has 2 aromatic heterocycles. The largest absolute Gasteiger partial charge is 0.332 e. The number of aryl methyl sites for hydroxylation is 2. The average molecular weight is 276 g/mol. The second-order valence-electron chi connectivity index (χ2n) is 5.37. The highest BCUT2D eigenvalue weighted by molar-refractivity contribution is 5.47. The number of aromatic nitrogens is 4. The number of rotatable bonds is 4. The molecule has 20 heavy (non-hydrogen) atoms. The molecular formula is C13H20N6O. The van der Waals surface area contributed by atoms with Crippen molar-refractivity contribution in [3.05, 3.63) is 17.6 Å². The Hall–Kier alpha value is -1.73. The molecule has 7 nitrogen and oxygen atoms in total. The monoisotopic (exact) mass is 276 g/mol. The summed E-state index contributed by atoms with van der Waals surface area (Å²) in [4.78, 5) is 6.75. The summed E-state index contributed by atoms with van der Waals surface area (Å²) in [7, 11) is 1.86. The van der Waals surface area contributed by atoms with E-state index in [4.69, 9.17) is 10.3 Å². The van der Waals surface area contributed by atoms with Crippen molar-refractivity contribution in [1.29, 1.82) is 0 Å². The van der Waals surface area contributed by atoms with Gasteiger partial charge in [0.05, 0.1) is 11.7 Å². The minimum Gasteiger partial charge on any atom is -0.332 e. The first-order valence-corrected chi connectivity index (χ1v) is 6.96. The molecule has 1 saturated heterocycles. The molecule has 0 bridgehead atoms. The highest BCUT2D eigenvalue weighted by Crippen LogP contribution is 2.20. The maximum absolute atomic E-state index is 6.16. The lowest BCUT2D eigenvalue weighted by Crippen LogP contribution is -2.30. The van der Waals surface area contributed by atoms with Crippen molar-refractivity contribution in [2.75, 3.05) is 19.6 Å². The molecular weight excluding hydrogens is 256 g/mol. The van der Waals surface area contributed by atoms with E-state index in [1.165, 1.54) is 12.8 Å². The van der Waals surface area contributed by atoms with Crippen molar-refractivity contribution in [2.24, 2.45) is 12.8 Å². The van der Waals surface area contributed by atoms with Crippen LogP contribution in [0.1, 0.15) is 30.4 Å². The Labute approximate surface area is 117 Å². The van der Waals surface area contributed by atoms with E-state index in [-0.39, 0.29) is 6.04 Å². The Morgan fingerprint density at radius 1 is 1.40 bits per heavy atom. The van der Waals surface area contributed by atoms with Gasteiger partial charge in [0.1, 0.15) is 5.69 Å². The van der Waals surface area contributed by atoms with Crippen molar-refractivity contribution in [2.45, 2.75) is 25.8 Å². The molecule has 1 atom stereocenters. The highest BCUT2D eigenvalue weighted by Gasteiger charge is 2.21. The van der Waals surface area contributed by atoms with Gasteiger partial charge in [-0.25, -0.2) is 0 Å². The third-order valence-electron chi connectivity index (χ3n) is 3.65. The van der Waals surface area contributed by atoms with E-state index >= 15 is 0 Å². The van der Waals surface area contributed by atoms with Gasteiger partial charge in [0.2, 0.25) is 0 Å². The summed E-state index contributed by atoms with van der Waals surface area (Å²) in [5.41, 5.74) is 7.89. The average Bonchev–Trinajstić information content (AvgIpc) is 3.10. The molecule has 2 N–H and O–H groups in total. The van der Waals surface area contributed by atoms with E-state index in [9.17, 15) is 0 Å². The summed E-state index contributed by atoms with van der Waals surface area (Å²) in [6.45, 7) is 4.93. The zero-order valence-electron chi connectivity index (χ0n) is 11.9. The van der Waals surface area contributed by atoms with Gasteiger partial charge in [-0.05, 0) is 38.9 Å². The third kappa shape index (κ3) is 2.59. The molecule has 0 spiro atoms. The molecule has 0 aliphatic carbocycles. The summed E-state index contributed by atoms with van der Waals surface area (Å²) < 4.78 is 7.04. The van der Waals surface area contributed by atoms with Gasteiger partial charge in [0.15, 0.2) is 5.82 Å². The number of hydrogen-bond acceptors (Lipinski definition) is 6. The molecule has 7 heteroatoms. The number of hydrogen-bond donors (Lipinski definition) is 1. The van der Waals surface area contributed by atoms with E-state index < -0.39 is 0 Å². The zero-order chi connectivity index (χ0) is 14.1. The van der Waals surface area contributed by atoms with Crippen LogP contribution >= 0.6 is 0 Å². The molecule has 108 valence electrons. The predicted octanol–water partition coefficient (Wildman–Crippen LogP) is 0.874. The maximum atomic E-state index is 6.16. The van der Waals surface area contributed by atoms with Crippen molar-refractivity contribution in [3.63, 3.8) is 0 Å². The van der Waals surface area contributed by atoms with E-state index in [0.29, 0.717) is 11.7 Å². The first kappa shape index (κ1) is 13.3. The predicted molar refractivity (Wildman–Crippen MR) is 73.8 cm³/mol. The quantitative estimate of drug-likeness (QED) is 0.892. The molecule has 1 unspecified atom stereocenters. The van der Waals surface area contributed by atoms with Crippen LogP contribution in [0.25, 0.3) is 11.6 Å². The van der Waals surface area contributed by atoms with Gasteiger partial charge < -0.3 is 15.2 Å². The molecule has 2 aromatic rings. The van der Waals surface area contributed by atoms with Crippen LogP contribution in [0.5, 0.6) is 0 Å². The third-order valence-corrected chi connectivity index (χ3v) is 3.65. The molecule has 0 amide bonds. The number of nitrogens with two attached hydrogens (primary N) is 1. The van der Waals surface area contributed by atoms with Gasteiger partial charge in [-0.15, -0.1) is 0 Å². The summed E-state index contributed by atoms with van der Waals surface area (Å²) >= 11 is 0. The Balaban J connectivity index is 1.74. The van der Waals surface area contributed by atoms with Crippen molar-refractivity contribution >= 4 is 0 Å². The molecule has 0 radical (unpaired) electrons. The van der Waals surface area contributed by atoms with Crippen LogP contribution in [0.2, 0.25) is 0 Å². The van der Waals surface area contributed by atoms with Crippen molar-refractivity contribution in [1.82, 2.24) is 24.8 Å². The van der Waals surface area contributed by atoms with Crippen LogP contribution in [0.4, 0.5) is 0 Å². The van der Waals surface area contributed by atoms with Crippen LogP contribution in [0.15, 0.2) is 10.6 Å². The van der Waals surface area contributed by atoms with Crippen LogP contribution in [-0.4, -0.2) is 44.5 Å². The summed E-state index contributed by atoms with van der Waals surface area (Å²) in [5, 5.41) is 8.28. The fraction of sp³-hybridized carbons (Fsp3) is 0.615. The molecule has 1 aliphatic heterocycles. The van der Waals surface area contributed by atoms with Crippen LogP contribution in [-0.2, 0) is 7.05 Å². The van der Waals surface area contributed by atoms with Gasteiger partial charge in [-0.1, -0.05) is 5.16 Å². The van der Waals surface area contributed by atoms with Crippen LogP contribution in [0.3, 0.4) is 0 Å². The topological polar surface area (TPSA) is 86.0 Å². The Morgan fingerprint density at radius 2 is 2.15 bits per heavy atom. The second-order valence-corrected chi connectivity index (χ2v) is 5.37. The smallest absolute Gasteiger partial charge is 0.276 e.